The summed E-state index contributed by atoms with van der Waals surface area (Å²) in [6.45, 7) is 1.72. The number of furan rings is 1. The third-order valence-corrected chi connectivity index (χ3v) is 5.26. The summed E-state index contributed by atoms with van der Waals surface area (Å²) in [6, 6.07) is 18.1. The zero-order chi connectivity index (χ0) is 22.9. The van der Waals surface area contributed by atoms with Gasteiger partial charge in [0.1, 0.15) is 17.5 Å². The number of anilines is 1. The fraction of sp³-hybridized carbons (Fsp3) is 0.130. The van der Waals surface area contributed by atoms with E-state index in [1.54, 1.807) is 31.2 Å². The van der Waals surface area contributed by atoms with Gasteiger partial charge >= 0.3 is 12.3 Å². The molecular weight excluding hydrogens is 489 g/mol. The van der Waals surface area contributed by atoms with Crippen LogP contribution in [-0.4, -0.2) is 11.1 Å². The zero-order valence-electron chi connectivity index (χ0n) is 16.6. The number of aromatic nitrogens is 1. The Hall–Kier alpha value is -3.33. The molecular formula is C23H16BrF3N2O3. The molecule has 4 aromatic rings. The average molecular weight is 505 g/mol. The van der Waals surface area contributed by atoms with Crippen molar-refractivity contribution < 1.29 is 27.1 Å². The van der Waals surface area contributed by atoms with Crippen LogP contribution in [0.3, 0.4) is 0 Å². The molecule has 5 nitrogen and oxygen atoms in total. The summed E-state index contributed by atoms with van der Waals surface area (Å²) in [4.78, 5) is 16.2. The van der Waals surface area contributed by atoms with E-state index in [-0.39, 0.29) is 22.5 Å². The number of nitrogens with zero attached hydrogens (tertiary/aromatic N) is 1. The highest BCUT2D eigenvalue weighted by atomic mass is 79.9. The molecule has 2 aromatic heterocycles. The summed E-state index contributed by atoms with van der Waals surface area (Å²) in [5.41, 5.74) is 0.182. The van der Waals surface area contributed by atoms with E-state index in [9.17, 15) is 18.0 Å². The van der Waals surface area contributed by atoms with Crippen molar-refractivity contribution in [3.8, 4) is 11.3 Å². The Morgan fingerprint density at radius 1 is 1.06 bits per heavy atom. The zero-order valence-corrected chi connectivity index (χ0v) is 18.2. The van der Waals surface area contributed by atoms with Crippen LogP contribution < -0.4 is 5.32 Å². The molecule has 0 spiro atoms. The van der Waals surface area contributed by atoms with Crippen LogP contribution in [0.15, 0.2) is 75.6 Å². The lowest BCUT2D eigenvalue weighted by molar-refractivity contribution is -0.141. The van der Waals surface area contributed by atoms with Gasteiger partial charge in [-0.05, 0) is 36.8 Å². The van der Waals surface area contributed by atoms with E-state index in [2.05, 4.69) is 26.2 Å². The minimum Gasteiger partial charge on any atom is -0.441 e. The van der Waals surface area contributed by atoms with Gasteiger partial charge < -0.3 is 9.15 Å². The number of ether oxygens (including phenoxy) is 1. The maximum atomic E-state index is 13.1. The minimum absolute atomic E-state index is 0.170. The van der Waals surface area contributed by atoms with Crippen molar-refractivity contribution >= 4 is 38.8 Å². The topological polar surface area (TPSA) is 64.4 Å². The fourth-order valence-electron chi connectivity index (χ4n) is 3.15. The number of fused-ring (bicyclic) bond motifs is 1. The molecule has 0 fully saturated rings. The standard InChI is InChI=1S/C23H16BrF3N2O3/c1-13(14-5-3-2-4-6-14)31-22(30)29-19-17-11-12-18(23(25,26)27)28-21(17)32-20(19)15-7-9-16(24)10-8-15/h2-13H,1H3,(H,29,30). The second kappa shape index (κ2) is 8.66. The van der Waals surface area contributed by atoms with Crippen LogP contribution in [0.2, 0.25) is 0 Å². The highest BCUT2D eigenvalue weighted by Crippen LogP contribution is 2.39. The van der Waals surface area contributed by atoms with Gasteiger partial charge in [-0.2, -0.15) is 13.2 Å². The first-order valence-electron chi connectivity index (χ1n) is 9.51. The third-order valence-electron chi connectivity index (χ3n) is 4.73. The molecule has 1 atom stereocenters. The molecule has 2 heterocycles. The number of amides is 1. The van der Waals surface area contributed by atoms with E-state index in [0.29, 0.717) is 5.56 Å². The lowest BCUT2D eigenvalue weighted by Gasteiger charge is -2.14. The van der Waals surface area contributed by atoms with Crippen molar-refractivity contribution in [2.45, 2.75) is 19.2 Å². The molecule has 1 unspecified atom stereocenters. The smallest absolute Gasteiger partial charge is 0.433 e. The van der Waals surface area contributed by atoms with E-state index in [1.165, 1.54) is 6.07 Å². The van der Waals surface area contributed by atoms with Crippen molar-refractivity contribution in [3.63, 3.8) is 0 Å². The molecule has 0 radical (unpaired) electrons. The Bertz CT molecular complexity index is 1260. The van der Waals surface area contributed by atoms with Crippen LogP contribution >= 0.6 is 15.9 Å². The summed E-state index contributed by atoms with van der Waals surface area (Å²) in [5.74, 6) is 0.170. The first kappa shape index (κ1) is 21.9. The van der Waals surface area contributed by atoms with Crippen LogP contribution in [0.25, 0.3) is 22.4 Å². The summed E-state index contributed by atoms with van der Waals surface area (Å²) in [6.07, 6.45) is -5.95. The van der Waals surface area contributed by atoms with Crippen molar-refractivity contribution in [2.24, 2.45) is 0 Å². The van der Waals surface area contributed by atoms with Gasteiger partial charge in [0.15, 0.2) is 5.76 Å². The van der Waals surface area contributed by atoms with Gasteiger partial charge in [-0.15, -0.1) is 0 Å². The fourth-order valence-corrected chi connectivity index (χ4v) is 3.41. The molecule has 1 N–H and O–H groups in total. The highest BCUT2D eigenvalue weighted by Gasteiger charge is 2.33. The number of hydrogen-bond donors (Lipinski definition) is 1. The molecule has 164 valence electrons. The summed E-state index contributed by atoms with van der Waals surface area (Å²) >= 11 is 3.33. The van der Waals surface area contributed by atoms with Gasteiger partial charge in [-0.25, -0.2) is 9.78 Å². The van der Waals surface area contributed by atoms with Gasteiger partial charge in [0, 0.05) is 10.0 Å². The van der Waals surface area contributed by atoms with Gasteiger partial charge in [0.05, 0.1) is 5.39 Å². The van der Waals surface area contributed by atoms with Crippen molar-refractivity contribution in [1.82, 2.24) is 4.98 Å². The third kappa shape index (κ3) is 4.62. The summed E-state index contributed by atoms with van der Waals surface area (Å²) in [7, 11) is 0. The number of benzene rings is 2. The summed E-state index contributed by atoms with van der Waals surface area (Å²) in [5, 5.41) is 2.84. The molecule has 0 aliphatic rings. The molecule has 32 heavy (non-hydrogen) atoms. The largest absolute Gasteiger partial charge is 0.441 e. The second-order valence-electron chi connectivity index (χ2n) is 6.94. The van der Waals surface area contributed by atoms with E-state index in [0.717, 1.165) is 16.1 Å². The number of pyridine rings is 1. The van der Waals surface area contributed by atoms with Crippen molar-refractivity contribution in [1.29, 1.82) is 0 Å². The lowest BCUT2D eigenvalue weighted by Crippen LogP contribution is -2.16. The number of carbonyl (C=O) groups excluding carboxylic acids is 1. The van der Waals surface area contributed by atoms with E-state index < -0.39 is 24.1 Å². The van der Waals surface area contributed by atoms with E-state index >= 15 is 0 Å². The highest BCUT2D eigenvalue weighted by molar-refractivity contribution is 9.10. The Morgan fingerprint density at radius 2 is 1.75 bits per heavy atom. The molecule has 0 saturated carbocycles. The monoisotopic (exact) mass is 504 g/mol. The van der Waals surface area contributed by atoms with Gasteiger partial charge in [0.2, 0.25) is 5.71 Å². The average Bonchev–Trinajstić information content (AvgIpc) is 3.11. The number of nitrogens with one attached hydrogen (secondary N) is 1. The van der Waals surface area contributed by atoms with Crippen LogP contribution in [0.1, 0.15) is 24.3 Å². The molecule has 1 amide bonds. The predicted molar refractivity (Wildman–Crippen MR) is 117 cm³/mol. The van der Waals surface area contributed by atoms with Crippen molar-refractivity contribution in [3.05, 3.63) is 82.5 Å². The van der Waals surface area contributed by atoms with Crippen LogP contribution in [0, 0.1) is 0 Å². The van der Waals surface area contributed by atoms with Crippen LogP contribution in [0.5, 0.6) is 0 Å². The van der Waals surface area contributed by atoms with Crippen molar-refractivity contribution in [2.75, 3.05) is 5.32 Å². The quantitative estimate of drug-likeness (QED) is 0.311. The molecule has 0 aliphatic carbocycles. The minimum atomic E-state index is -4.63. The molecule has 0 aliphatic heterocycles. The van der Waals surface area contributed by atoms with Crippen LogP contribution in [0.4, 0.5) is 23.7 Å². The molecule has 0 saturated heterocycles. The maximum Gasteiger partial charge on any atom is 0.433 e. The van der Waals surface area contributed by atoms with Gasteiger partial charge in [-0.1, -0.05) is 58.4 Å². The Kier molecular flexibility index (Phi) is 5.92. The lowest BCUT2D eigenvalue weighted by atomic mass is 10.1. The Morgan fingerprint density at radius 3 is 2.41 bits per heavy atom. The van der Waals surface area contributed by atoms with E-state index in [1.807, 2.05) is 30.3 Å². The number of rotatable bonds is 4. The first-order valence-corrected chi connectivity index (χ1v) is 10.3. The van der Waals surface area contributed by atoms with Gasteiger partial charge in [-0.3, -0.25) is 5.32 Å². The SMILES string of the molecule is CC(OC(=O)Nc1c(-c2ccc(Br)cc2)oc2nc(C(F)(F)F)ccc12)c1ccccc1. The number of carbonyl (C=O) groups is 1. The molecule has 9 heteroatoms. The second-order valence-corrected chi connectivity index (χ2v) is 7.86. The molecule has 0 bridgehead atoms. The molecule has 2 aromatic carbocycles. The predicted octanol–water partition coefficient (Wildman–Crippen LogP) is 7.59. The Balaban J connectivity index is 1.71. The van der Waals surface area contributed by atoms with Gasteiger partial charge in [0.25, 0.3) is 0 Å². The van der Waals surface area contributed by atoms with E-state index in [4.69, 9.17) is 9.15 Å². The number of alkyl halides is 3. The Labute approximate surface area is 189 Å². The number of halogens is 4. The maximum absolute atomic E-state index is 13.1. The molecule has 4 rings (SSSR count). The normalized spacial score (nSPS) is 12.5. The summed E-state index contributed by atoms with van der Waals surface area (Å²) < 4.78 is 51.2. The first-order chi connectivity index (χ1) is 15.2. The van der Waals surface area contributed by atoms with Crippen LogP contribution in [-0.2, 0) is 10.9 Å². The number of hydrogen-bond acceptors (Lipinski definition) is 4.